The van der Waals surface area contributed by atoms with E-state index >= 15 is 0 Å². The van der Waals surface area contributed by atoms with Crippen molar-refractivity contribution < 1.29 is 14.5 Å². The van der Waals surface area contributed by atoms with Crippen molar-refractivity contribution in [3.05, 3.63) is 34.4 Å². The number of non-ortho nitro benzene ring substituents is 1. The van der Waals surface area contributed by atoms with E-state index in [1.807, 2.05) is 6.26 Å². The van der Waals surface area contributed by atoms with E-state index in [-0.39, 0.29) is 11.6 Å². The van der Waals surface area contributed by atoms with Crippen LogP contribution in [0.1, 0.15) is 6.42 Å². The van der Waals surface area contributed by atoms with Gasteiger partial charge in [-0.15, -0.1) is 0 Å². The largest absolute Gasteiger partial charge is 0.347 e. The molecule has 0 aliphatic heterocycles. The fourth-order valence-corrected chi connectivity index (χ4v) is 1.98. The Labute approximate surface area is 120 Å². The molecule has 1 aromatic rings. The van der Waals surface area contributed by atoms with Gasteiger partial charge in [0.05, 0.1) is 4.92 Å². The first kappa shape index (κ1) is 16.0. The first-order valence-electron chi connectivity index (χ1n) is 5.82. The molecule has 0 radical (unpaired) electrons. The molecule has 7 nitrogen and oxygen atoms in total. The molecule has 2 N–H and O–H groups in total. The lowest BCUT2D eigenvalue weighted by molar-refractivity contribution is -0.384. The Kier molecular flexibility index (Phi) is 6.51. The Morgan fingerprint density at radius 3 is 2.60 bits per heavy atom. The minimum atomic E-state index is -0.616. The van der Waals surface area contributed by atoms with Crippen molar-refractivity contribution in [3.8, 4) is 0 Å². The molecule has 0 aliphatic rings. The third-order valence-electron chi connectivity index (χ3n) is 2.54. The second-order valence-electron chi connectivity index (χ2n) is 3.91. The van der Waals surface area contributed by atoms with Crippen molar-refractivity contribution in [2.24, 2.45) is 0 Å². The maximum absolute atomic E-state index is 12.0. The summed E-state index contributed by atoms with van der Waals surface area (Å²) in [6, 6.07) is 4.89. The maximum atomic E-state index is 12.0. The van der Waals surface area contributed by atoms with Gasteiger partial charge >= 0.3 is 0 Å². The number of amides is 2. The zero-order chi connectivity index (χ0) is 15.0. The highest BCUT2D eigenvalue weighted by Gasteiger charge is 2.17. The van der Waals surface area contributed by atoms with E-state index < -0.39 is 11.0 Å². The average molecular weight is 297 g/mol. The van der Waals surface area contributed by atoms with Crippen LogP contribution in [0.5, 0.6) is 0 Å². The number of benzene rings is 1. The normalized spacial score (nSPS) is 11.4. The molecule has 0 saturated heterocycles. The number of hydrogen-bond donors (Lipinski definition) is 2. The molecular weight excluding hydrogens is 282 g/mol. The first-order chi connectivity index (χ1) is 9.58. The molecule has 2 amide bonds. The van der Waals surface area contributed by atoms with Gasteiger partial charge < -0.3 is 10.6 Å². The van der Waals surface area contributed by atoms with Crippen LogP contribution in [0.3, 0.4) is 0 Å². The Bertz CT molecular complexity index is 478. The fourth-order valence-electron chi connectivity index (χ4n) is 1.50. The summed E-state index contributed by atoms with van der Waals surface area (Å²) < 4.78 is 0. The molecule has 0 aliphatic carbocycles. The van der Waals surface area contributed by atoms with Gasteiger partial charge in [0.1, 0.15) is 6.04 Å². The van der Waals surface area contributed by atoms with E-state index in [9.17, 15) is 19.7 Å². The predicted molar refractivity (Wildman–Crippen MR) is 77.7 cm³/mol. The second-order valence-corrected chi connectivity index (χ2v) is 4.90. The number of nitro groups is 1. The highest BCUT2D eigenvalue weighted by molar-refractivity contribution is 7.98. The van der Waals surface area contributed by atoms with Crippen molar-refractivity contribution in [1.29, 1.82) is 0 Å². The molecule has 108 valence electrons. The van der Waals surface area contributed by atoms with Gasteiger partial charge in [-0.25, -0.2) is 0 Å². The molecule has 1 atom stereocenters. The number of hydrogen-bond acceptors (Lipinski definition) is 5. The maximum Gasteiger partial charge on any atom is 0.269 e. The van der Waals surface area contributed by atoms with E-state index in [1.54, 1.807) is 11.8 Å². The van der Waals surface area contributed by atoms with Crippen molar-refractivity contribution in [1.82, 2.24) is 5.32 Å². The Morgan fingerprint density at radius 2 is 2.10 bits per heavy atom. The van der Waals surface area contributed by atoms with Crippen LogP contribution in [0.2, 0.25) is 0 Å². The van der Waals surface area contributed by atoms with E-state index in [2.05, 4.69) is 10.6 Å². The highest BCUT2D eigenvalue weighted by atomic mass is 32.2. The van der Waals surface area contributed by atoms with Gasteiger partial charge in [-0.1, -0.05) is 0 Å². The van der Waals surface area contributed by atoms with Gasteiger partial charge in [-0.05, 0) is 30.6 Å². The summed E-state index contributed by atoms with van der Waals surface area (Å²) in [5.74, 6) is 0.388. The lowest BCUT2D eigenvalue weighted by Crippen LogP contribution is -2.40. The highest BCUT2D eigenvalue weighted by Crippen LogP contribution is 2.15. The van der Waals surface area contributed by atoms with Crippen molar-refractivity contribution >= 4 is 35.5 Å². The molecule has 0 saturated carbocycles. The molecule has 1 aromatic carbocycles. The van der Waals surface area contributed by atoms with Crippen molar-refractivity contribution in [2.75, 3.05) is 17.3 Å². The molecule has 0 heterocycles. The van der Waals surface area contributed by atoms with E-state index in [1.165, 1.54) is 24.3 Å². The number of carbonyl (C=O) groups excluding carboxylic acids is 2. The summed E-state index contributed by atoms with van der Waals surface area (Å²) in [6.07, 6.45) is 2.91. The minimum absolute atomic E-state index is 0.0482. The SMILES string of the molecule is CSCC[C@H](NC=O)C(=O)Nc1ccc([N+](=O)[O-])cc1. The average Bonchev–Trinajstić information content (AvgIpc) is 2.43. The van der Waals surface area contributed by atoms with Crippen LogP contribution >= 0.6 is 11.8 Å². The number of carbonyl (C=O) groups is 2. The Hall–Kier alpha value is -2.09. The van der Waals surface area contributed by atoms with E-state index in [0.717, 1.165) is 5.75 Å². The fraction of sp³-hybridized carbons (Fsp3) is 0.333. The van der Waals surface area contributed by atoms with Gasteiger partial charge in [0.15, 0.2) is 0 Å². The lowest BCUT2D eigenvalue weighted by atomic mass is 10.2. The molecule has 0 aromatic heterocycles. The summed E-state index contributed by atoms with van der Waals surface area (Å²) in [7, 11) is 0. The molecule has 0 bridgehead atoms. The molecule has 8 heteroatoms. The van der Waals surface area contributed by atoms with Gasteiger partial charge in [-0.2, -0.15) is 11.8 Å². The standard InChI is InChI=1S/C12H15N3O4S/c1-20-7-6-11(13-8-16)12(17)14-9-2-4-10(5-3-9)15(18)19/h2-5,8,11H,6-7H2,1H3,(H,13,16)(H,14,17)/t11-/m0/s1. The third kappa shape index (κ3) is 4.88. The van der Waals surface area contributed by atoms with Crippen molar-refractivity contribution in [3.63, 3.8) is 0 Å². The molecule has 0 unspecified atom stereocenters. The Morgan fingerprint density at radius 1 is 1.45 bits per heavy atom. The van der Waals surface area contributed by atoms with E-state index in [4.69, 9.17) is 0 Å². The first-order valence-corrected chi connectivity index (χ1v) is 7.21. The number of nitro benzene ring substituents is 1. The zero-order valence-electron chi connectivity index (χ0n) is 10.9. The van der Waals surface area contributed by atoms with Crippen LogP contribution in [0, 0.1) is 10.1 Å². The van der Waals surface area contributed by atoms with Crippen LogP contribution in [-0.2, 0) is 9.59 Å². The summed E-state index contributed by atoms with van der Waals surface area (Å²) >= 11 is 1.57. The molecule has 1 rings (SSSR count). The smallest absolute Gasteiger partial charge is 0.269 e. The van der Waals surface area contributed by atoms with Crippen LogP contribution < -0.4 is 10.6 Å². The van der Waals surface area contributed by atoms with Gasteiger partial charge in [0.2, 0.25) is 12.3 Å². The zero-order valence-corrected chi connectivity index (χ0v) is 11.7. The monoisotopic (exact) mass is 297 g/mol. The van der Waals surface area contributed by atoms with Crippen LogP contribution in [-0.4, -0.2) is 35.3 Å². The topological polar surface area (TPSA) is 101 Å². The van der Waals surface area contributed by atoms with Crippen LogP contribution in [0.25, 0.3) is 0 Å². The summed E-state index contributed by atoms with van der Waals surface area (Å²) in [6.45, 7) is 0. The number of nitrogens with one attached hydrogen (secondary N) is 2. The third-order valence-corrected chi connectivity index (χ3v) is 3.19. The number of rotatable bonds is 8. The summed E-state index contributed by atoms with van der Waals surface area (Å²) in [5, 5.41) is 15.6. The molecule has 20 heavy (non-hydrogen) atoms. The summed E-state index contributed by atoms with van der Waals surface area (Å²) in [5.41, 5.74) is 0.399. The van der Waals surface area contributed by atoms with Gasteiger partial charge in [0.25, 0.3) is 5.69 Å². The quantitative estimate of drug-likeness (QED) is 0.429. The lowest BCUT2D eigenvalue weighted by Gasteiger charge is -2.15. The second kappa shape index (κ2) is 8.16. The van der Waals surface area contributed by atoms with Gasteiger partial charge in [-0.3, -0.25) is 19.7 Å². The number of nitrogens with zero attached hydrogens (tertiary/aromatic N) is 1. The predicted octanol–water partition coefficient (Wildman–Crippen LogP) is 1.40. The summed E-state index contributed by atoms with van der Waals surface area (Å²) in [4.78, 5) is 32.4. The van der Waals surface area contributed by atoms with Crippen LogP contribution in [0.4, 0.5) is 11.4 Å². The van der Waals surface area contributed by atoms with Crippen LogP contribution in [0.15, 0.2) is 24.3 Å². The van der Waals surface area contributed by atoms with Gasteiger partial charge in [0, 0.05) is 17.8 Å². The molecule has 0 spiro atoms. The van der Waals surface area contributed by atoms with E-state index in [0.29, 0.717) is 18.5 Å². The van der Waals surface area contributed by atoms with Crippen molar-refractivity contribution in [2.45, 2.75) is 12.5 Å². The number of thioether (sulfide) groups is 1. The molecule has 0 fully saturated rings. The Balaban J connectivity index is 2.66. The number of anilines is 1. The minimum Gasteiger partial charge on any atom is -0.347 e. The molecular formula is C12H15N3O4S.